The number of hydrogen-bond donors (Lipinski definition) is 0. The largest absolute Gasteiger partial charge is 0.103 e. The van der Waals surface area contributed by atoms with Gasteiger partial charge in [-0.3, -0.25) is 0 Å². The van der Waals surface area contributed by atoms with Gasteiger partial charge in [-0.15, -0.1) is 6.58 Å². The summed E-state index contributed by atoms with van der Waals surface area (Å²) in [6.45, 7) is 3.83. The molecule has 0 heteroatoms. The van der Waals surface area contributed by atoms with Gasteiger partial charge in [0.2, 0.25) is 0 Å². The molecule has 0 fully saturated rings. The van der Waals surface area contributed by atoms with Gasteiger partial charge in [0, 0.05) is 0 Å². The van der Waals surface area contributed by atoms with Gasteiger partial charge in [-0.1, -0.05) is 85.0 Å². The molecule has 114 valence electrons. The topological polar surface area (TPSA) is 0 Å². The molecule has 0 aromatic heterocycles. The zero-order valence-corrected chi connectivity index (χ0v) is 13.4. The van der Waals surface area contributed by atoms with E-state index in [2.05, 4.69) is 85.5 Å². The van der Waals surface area contributed by atoms with E-state index in [1.165, 1.54) is 27.8 Å². The Kier molecular flexibility index (Phi) is 5.06. The highest BCUT2D eigenvalue weighted by molar-refractivity contribution is 5.87. The minimum absolute atomic E-state index is 1.07. The quantitative estimate of drug-likeness (QED) is 0.431. The summed E-state index contributed by atoms with van der Waals surface area (Å²) in [5, 5.41) is 0. The van der Waals surface area contributed by atoms with E-state index in [-0.39, 0.29) is 0 Å². The summed E-state index contributed by atoms with van der Waals surface area (Å²) in [7, 11) is 0. The van der Waals surface area contributed by atoms with Gasteiger partial charge in [0.05, 0.1) is 0 Å². The maximum Gasteiger partial charge on any atom is -0.00361 e. The molecule has 23 heavy (non-hydrogen) atoms. The molecule has 0 saturated heterocycles. The van der Waals surface area contributed by atoms with Crippen LogP contribution >= 0.6 is 0 Å². The molecule has 0 saturated carbocycles. The van der Waals surface area contributed by atoms with Crippen molar-refractivity contribution in [3.05, 3.63) is 114 Å². The van der Waals surface area contributed by atoms with Gasteiger partial charge in [0.25, 0.3) is 0 Å². The lowest BCUT2D eigenvalue weighted by molar-refractivity contribution is 0.844. The third-order valence-corrected chi connectivity index (χ3v) is 4.15. The summed E-state index contributed by atoms with van der Waals surface area (Å²) >= 11 is 0. The van der Waals surface area contributed by atoms with Crippen molar-refractivity contribution in [1.29, 1.82) is 0 Å². The van der Waals surface area contributed by atoms with Crippen molar-refractivity contribution < 1.29 is 0 Å². The Bertz CT molecular complexity index is 702. The molecule has 0 spiro atoms. The van der Waals surface area contributed by atoms with Crippen molar-refractivity contribution in [1.82, 2.24) is 0 Å². The van der Waals surface area contributed by atoms with Crippen LogP contribution in [-0.4, -0.2) is 0 Å². The third kappa shape index (κ3) is 3.60. The van der Waals surface area contributed by atoms with E-state index >= 15 is 0 Å². The normalized spacial score (nSPS) is 13.0. The van der Waals surface area contributed by atoms with Crippen LogP contribution in [0.5, 0.6) is 0 Å². The minimum Gasteiger partial charge on any atom is -0.103 e. The number of benzene rings is 2. The van der Waals surface area contributed by atoms with Crippen molar-refractivity contribution in [3.8, 4) is 0 Å². The summed E-state index contributed by atoms with van der Waals surface area (Å²) < 4.78 is 0. The second kappa shape index (κ2) is 7.60. The molecular weight excluding hydrogens is 276 g/mol. The summed E-state index contributed by atoms with van der Waals surface area (Å²) in [4.78, 5) is 0. The van der Waals surface area contributed by atoms with Gasteiger partial charge in [0.15, 0.2) is 0 Å². The van der Waals surface area contributed by atoms with Crippen LogP contribution in [0.4, 0.5) is 0 Å². The number of allylic oxidation sites excluding steroid dienone is 6. The molecule has 0 bridgehead atoms. The van der Waals surface area contributed by atoms with E-state index in [9.17, 15) is 0 Å². The lowest BCUT2D eigenvalue weighted by Crippen LogP contribution is -1.95. The average molecular weight is 298 g/mol. The Balaban J connectivity index is 2.06. The van der Waals surface area contributed by atoms with E-state index < -0.39 is 0 Å². The van der Waals surface area contributed by atoms with E-state index in [1.807, 2.05) is 6.08 Å². The summed E-state index contributed by atoms with van der Waals surface area (Å²) in [6, 6.07) is 21.4. The highest BCUT2D eigenvalue weighted by atomic mass is 14.2. The van der Waals surface area contributed by atoms with Gasteiger partial charge in [-0.05, 0) is 47.1 Å². The maximum atomic E-state index is 3.83. The Labute approximate surface area is 139 Å². The number of unbranched alkanes of at least 4 members (excludes halogenated alkanes) is 1. The average Bonchev–Trinajstić information content (AvgIpc) is 3.06. The molecule has 0 heterocycles. The van der Waals surface area contributed by atoms with Gasteiger partial charge in [-0.25, -0.2) is 0 Å². The molecule has 1 aliphatic rings. The van der Waals surface area contributed by atoms with Crippen LogP contribution in [0.1, 0.15) is 30.4 Å². The van der Waals surface area contributed by atoms with Crippen molar-refractivity contribution in [2.75, 3.05) is 0 Å². The monoisotopic (exact) mass is 298 g/mol. The molecular formula is C23H22. The van der Waals surface area contributed by atoms with Crippen molar-refractivity contribution in [2.45, 2.75) is 19.3 Å². The van der Waals surface area contributed by atoms with Crippen molar-refractivity contribution >= 4 is 5.57 Å². The van der Waals surface area contributed by atoms with E-state index in [4.69, 9.17) is 0 Å². The SMILES string of the molecule is C=CCCCC1=CC=CC1=C(c1ccccc1)c1ccccc1. The highest BCUT2D eigenvalue weighted by Gasteiger charge is 2.15. The Morgan fingerprint density at radius 2 is 1.48 bits per heavy atom. The van der Waals surface area contributed by atoms with E-state index in [1.54, 1.807) is 0 Å². The van der Waals surface area contributed by atoms with Gasteiger partial charge >= 0.3 is 0 Å². The Hall–Kier alpha value is -2.60. The predicted molar refractivity (Wildman–Crippen MR) is 100 cm³/mol. The first-order valence-electron chi connectivity index (χ1n) is 8.24. The van der Waals surface area contributed by atoms with Crippen molar-refractivity contribution in [2.24, 2.45) is 0 Å². The zero-order valence-electron chi connectivity index (χ0n) is 13.4. The van der Waals surface area contributed by atoms with Crippen LogP contribution in [0.3, 0.4) is 0 Å². The Morgan fingerprint density at radius 3 is 2.04 bits per heavy atom. The first-order valence-corrected chi connectivity index (χ1v) is 8.24. The first kappa shape index (κ1) is 15.3. The molecule has 0 radical (unpaired) electrons. The summed E-state index contributed by atoms with van der Waals surface area (Å²) in [5.41, 5.74) is 6.65. The smallest absolute Gasteiger partial charge is 0.00361 e. The van der Waals surface area contributed by atoms with Crippen LogP contribution in [0.15, 0.2) is 103 Å². The second-order valence-electron chi connectivity index (χ2n) is 5.75. The molecule has 0 nitrogen and oxygen atoms in total. The molecule has 2 aromatic rings. The fourth-order valence-electron chi connectivity index (χ4n) is 3.04. The number of hydrogen-bond acceptors (Lipinski definition) is 0. The zero-order chi connectivity index (χ0) is 15.9. The molecule has 0 N–H and O–H groups in total. The summed E-state index contributed by atoms with van der Waals surface area (Å²) in [5.74, 6) is 0. The number of rotatable bonds is 6. The molecule has 3 rings (SSSR count). The molecule has 0 amide bonds. The lowest BCUT2D eigenvalue weighted by atomic mass is 9.89. The van der Waals surface area contributed by atoms with E-state index in [0.717, 1.165) is 19.3 Å². The first-order chi connectivity index (χ1) is 11.4. The molecule has 1 aliphatic carbocycles. The lowest BCUT2D eigenvalue weighted by Gasteiger charge is -2.15. The van der Waals surface area contributed by atoms with E-state index in [0.29, 0.717) is 0 Å². The minimum atomic E-state index is 1.07. The van der Waals surface area contributed by atoms with Crippen LogP contribution in [-0.2, 0) is 0 Å². The fourth-order valence-corrected chi connectivity index (χ4v) is 3.04. The second-order valence-corrected chi connectivity index (χ2v) is 5.75. The standard InChI is InChI=1S/C23H22/c1-2-3-6-12-19-17-11-18-22(19)23(20-13-7-4-8-14-20)21-15-9-5-10-16-21/h2,4-5,7-11,13-18H,1,3,6,12H2. The van der Waals surface area contributed by atoms with Crippen molar-refractivity contribution in [3.63, 3.8) is 0 Å². The Morgan fingerprint density at radius 1 is 0.870 bits per heavy atom. The molecule has 2 aromatic carbocycles. The molecule has 0 unspecified atom stereocenters. The molecule has 0 atom stereocenters. The fraction of sp³-hybridized carbons (Fsp3) is 0.130. The van der Waals surface area contributed by atoms with Gasteiger partial charge < -0.3 is 0 Å². The maximum absolute atomic E-state index is 3.83. The highest BCUT2D eigenvalue weighted by Crippen LogP contribution is 2.35. The predicted octanol–water partition coefficient (Wildman–Crippen LogP) is 6.34. The van der Waals surface area contributed by atoms with Crippen LogP contribution < -0.4 is 0 Å². The molecule has 0 aliphatic heterocycles. The summed E-state index contributed by atoms with van der Waals surface area (Å²) in [6.07, 6.45) is 12.0. The van der Waals surface area contributed by atoms with Crippen LogP contribution in [0.2, 0.25) is 0 Å². The van der Waals surface area contributed by atoms with Gasteiger partial charge in [-0.2, -0.15) is 0 Å². The van der Waals surface area contributed by atoms with Crippen LogP contribution in [0, 0.1) is 0 Å². The van der Waals surface area contributed by atoms with Gasteiger partial charge in [0.1, 0.15) is 0 Å². The van der Waals surface area contributed by atoms with Crippen LogP contribution in [0.25, 0.3) is 5.57 Å². The third-order valence-electron chi connectivity index (χ3n) is 4.15.